The molecule has 1 spiro atoms. The van der Waals surface area contributed by atoms with E-state index in [0.717, 1.165) is 7.11 Å². The molecule has 3 rings (SSSR count). The van der Waals surface area contributed by atoms with Gasteiger partial charge in [-0.25, -0.2) is 8.78 Å². The number of aromatic nitrogens is 1. The highest BCUT2D eigenvalue weighted by atomic mass is 19.4. The molecule has 1 heterocycles. The van der Waals surface area contributed by atoms with Crippen molar-refractivity contribution in [2.75, 3.05) is 12.4 Å². The Morgan fingerprint density at radius 2 is 1.96 bits per heavy atom. The number of ether oxygens (including phenoxy) is 1. The molecule has 2 saturated carbocycles. The number of alkyl halides is 5. The van der Waals surface area contributed by atoms with E-state index in [1.807, 2.05) is 0 Å². The average molecular weight is 336 g/mol. The Hall–Kier alpha value is -1.44. The number of anilines is 1. The molecule has 0 amide bonds. The lowest BCUT2D eigenvalue weighted by Gasteiger charge is -2.62. The summed E-state index contributed by atoms with van der Waals surface area (Å²) in [4.78, 5) is 3.57. The van der Waals surface area contributed by atoms with Crippen LogP contribution in [0.15, 0.2) is 18.3 Å². The highest BCUT2D eigenvalue weighted by Crippen LogP contribution is 2.66. The Bertz CT molecular complexity index is 575. The number of hydrogen-bond donors (Lipinski definition) is 1. The van der Waals surface area contributed by atoms with Crippen LogP contribution < -0.4 is 5.32 Å². The fourth-order valence-electron chi connectivity index (χ4n) is 3.89. The predicted molar refractivity (Wildman–Crippen MR) is 73.3 cm³/mol. The summed E-state index contributed by atoms with van der Waals surface area (Å²) in [6, 6.07) is 2.84. The van der Waals surface area contributed by atoms with E-state index < -0.39 is 18.2 Å². The Morgan fingerprint density at radius 3 is 2.48 bits per heavy atom. The molecule has 2 aliphatic carbocycles. The largest absolute Gasteiger partial charge is 0.417 e. The fraction of sp³-hybridized carbons (Fsp3) is 0.667. The third kappa shape index (κ3) is 2.77. The maximum absolute atomic E-state index is 13.0. The zero-order valence-electron chi connectivity index (χ0n) is 12.5. The van der Waals surface area contributed by atoms with Crippen molar-refractivity contribution in [1.29, 1.82) is 0 Å². The molecule has 128 valence electrons. The van der Waals surface area contributed by atoms with E-state index in [1.54, 1.807) is 6.07 Å². The quantitative estimate of drug-likeness (QED) is 0.832. The number of pyridine rings is 1. The van der Waals surface area contributed by atoms with Crippen LogP contribution in [0.1, 0.15) is 37.8 Å². The molecule has 0 bridgehead atoms. The first-order valence-electron chi connectivity index (χ1n) is 7.31. The first-order valence-corrected chi connectivity index (χ1v) is 7.31. The lowest BCUT2D eigenvalue weighted by molar-refractivity contribution is -0.335. The number of rotatable bonds is 4. The highest BCUT2D eigenvalue weighted by molar-refractivity contribution is 5.45. The van der Waals surface area contributed by atoms with E-state index in [1.165, 1.54) is 12.3 Å². The van der Waals surface area contributed by atoms with E-state index in [-0.39, 0.29) is 30.0 Å². The van der Waals surface area contributed by atoms with Crippen LogP contribution in [0.4, 0.5) is 27.6 Å². The molecule has 1 aromatic heterocycles. The van der Waals surface area contributed by atoms with Crippen molar-refractivity contribution in [3.8, 4) is 0 Å². The summed E-state index contributed by atoms with van der Waals surface area (Å²) in [5, 5.41) is 3.09. The van der Waals surface area contributed by atoms with Crippen LogP contribution in [0.5, 0.6) is 0 Å². The highest BCUT2D eigenvalue weighted by Gasteiger charge is 2.70. The lowest BCUT2D eigenvalue weighted by Crippen LogP contribution is -2.66. The molecule has 2 aliphatic rings. The van der Waals surface area contributed by atoms with Gasteiger partial charge in [-0.15, -0.1) is 0 Å². The maximum atomic E-state index is 13.0. The normalized spacial score (nSPS) is 33.4. The van der Waals surface area contributed by atoms with Crippen molar-refractivity contribution in [1.82, 2.24) is 4.98 Å². The first kappa shape index (κ1) is 16.4. The third-order valence-corrected chi connectivity index (χ3v) is 4.96. The van der Waals surface area contributed by atoms with Crippen molar-refractivity contribution in [2.45, 2.75) is 49.9 Å². The number of halogens is 5. The second kappa shape index (κ2) is 5.29. The van der Waals surface area contributed by atoms with Gasteiger partial charge in [0.05, 0.1) is 0 Å². The van der Waals surface area contributed by atoms with Crippen molar-refractivity contribution in [3.63, 3.8) is 0 Å². The van der Waals surface area contributed by atoms with Crippen LogP contribution >= 0.6 is 0 Å². The Balaban J connectivity index is 1.56. The number of hydrogen-bond acceptors (Lipinski definition) is 3. The molecule has 0 unspecified atom stereocenters. The Labute approximate surface area is 130 Å². The minimum Gasteiger partial charge on any atom is -0.382 e. The second-order valence-corrected chi connectivity index (χ2v) is 6.57. The predicted octanol–water partition coefficient (Wildman–Crippen LogP) is 4.32. The van der Waals surface area contributed by atoms with Gasteiger partial charge in [0, 0.05) is 25.0 Å². The monoisotopic (exact) mass is 336 g/mol. The SMILES string of the molecule is COC1(C(F)(F)F)CC2(CC(Nc3ccnc(C(F)F)c3)C2)C1. The van der Waals surface area contributed by atoms with Crippen LogP contribution in [-0.4, -0.2) is 29.9 Å². The lowest BCUT2D eigenvalue weighted by atomic mass is 9.48. The first-order chi connectivity index (χ1) is 10.7. The van der Waals surface area contributed by atoms with E-state index in [0.29, 0.717) is 18.5 Å². The van der Waals surface area contributed by atoms with Crippen LogP contribution in [0, 0.1) is 5.41 Å². The van der Waals surface area contributed by atoms with Gasteiger partial charge in [0.25, 0.3) is 6.43 Å². The van der Waals surface area contributed by atoms with Crippen molar-refractivity contribution in [2.24, 2.45) is 5.41 Å². The van der Waals surface area contributed by atoms with E-state index in [4.69, 9.17) is 4.74 Å². The van der Waals surface area contributed by atoms with Gasteiger partial charge in [-0.05, 0) is 43.2 Å². The number of methoxy groups -OCH3 is 1. The third-order valence-electron chi connectivity index (χ3n) is 4.96. The molecule has 0 saturated heterocycles. The second-order valence-electron chi connectivity index (χ2n) is 6.57. The van der Waals surface area contributed by atoms with E-state index in [2.05, 4.69) is 10.3 Å². The minimum atomic E-state index is -4.36. The van der Waals surface area contributed by atoms with Gasteiger partial charge in [0.2, 0.25) is 0 Å². The molecule has 1 N–H and O–H groups in total. The van der Waals surface area contributed by atoms with Gasteiger partial charge >= 0.3 is 6.18 Å². The number of nitrogens with one attached hydrogen (secondary N) is 1. The van der Waals surface area contributed by atoms with Gasteiger partial charge in [-0.1, -0.05) is 0 Å². The van der Waals surface area contributed by atoms with Gasteiger partial charge in [-0.3, -0.25) is 4.98 Å². The van der Waals surface area contributed by atoms with Crippen LogP contribution in [-0.2, 0) is 4.74 Å². The van der Waals surface area contributed by atoms with Gasteiger partial charge in [-0.2, -0.15) is 13.2 Å². The maximum Gasteiger partial charge on any atom is 0.417 e. The average Bonchev–Trinajstić information content (AvgIpc) is 2.38. The summed E-state index contributed by atoms with van der Waals surface area (Å²) in [7, 11) is 1.09. The molecule has 0 atom stereocenters. The van der Waals surface area contributed by atoms with Crippen molar-refractivity contribution >= 4 is 5.69 Å². The molecule has 0 aliphatic heterocycles. The van der Waals surface area contributed by atoms with Crippen LogP contribution in [0.2, 0.25) is 0 Å². The smallest absolute Gasteiger partial charge is 0.382 e. The van der Waals surface area contributed by atoms with Crippen LogP contribution in [0.3, 0.4) is 0 Å². The fourth-order valence-corrected chi connectivity index (χ4v) is 3.89. The molecule has 3 nitrogen and oxygen atoms in total. The van der Waals surface area contributed by atoms with Crippen molar-refractivity contribution < 1.29 is 26.7 Å². The zero-order valence-corrected chi connectivity index (χ0v) is 12.5. The molecule has 2 fully saturated rings. The molecule has 23 heavy (non-hydrogen) atoms. The summed E-state index contributed by atoms with van der Waals surface area (Å²) in [6.45, 7) is 0. The minimum absolute atomic E-state index is 0.00832. The summed E-state index contributed by atoms with van der Waals surface area (Å²) in [5.41, 5.74) is -2.16. The van der Waals surface area contributed by atoms with Gasteiger partial charge < -0.3 is 10.1 Å². The molecule has 0 radical (unpaired) electrons. The summed E-state index contributed by atoms with van der Waals surface area (Å²) < 4.78 is 68.9. The summed E-state index contributed by atoms with van der Waals surface area (Å²) >= 11 is 0. The van der Waals surface area contributed by atoms with E-state index in [9.17, 15) is 22.0 Å². The zero-order chi connectivity index (χ0) is 16.9. The molecule has 0 aromatic carbocycles. The van der Waals surface area contributed by atoms with Gasteiger partial charge in [0.1, 0.15) is 5.69 Å². The van der Waals surface area contributed by atoms with Crippen molar-refractivity contribution in [3.05, 3.63) is 24.0 Å². The van der Waals surface area contributed by atoms with Crippen LogP contribution in [0.25, 0.3) is 0 Å². The number of nitrogens with zero attached hydrogens (tertiary/aromatic N) is 1. The summed E-state index contributed by atoms with van der Waals surface area (Å²) in [6.07, 6.45) is -4.61. The standard InChI is InChI=1S/C15H17F5N2O/c1-23-14(15(18,19)20)7-13(8-14)5-10(6-13)22-9-2-3-21-11(4-9)12(16)17/h2-4,10,12H,5-8H2,1H3,(H,21,22). The van der Waals surface area contributed by atoms with E-state index >= 15 is 0 Å². The summed E-state index contributed by atoms with van der Waals surface area (Å²) in [5.74, 6) is 0. The topological polar surface area (TPSA) is 34.1 Å². The molecular weight excluding hydrogens is 319 g/mol. The molecule has 8 heteroatoms. The Kier molecular flexibility index (Phi) is 3.78. The molecule has 1 aromatic rings. The van der Waals surface area contributed by atoms with Gasteiger partial charge in [0.15, 0.2) is 5.60 Å². The Morgan fingerprint density at radius 1 is 1.30 bits per heavy atom. The molecular formula is C15H17F5N2O.